The van der Waals surface area contributed by atoms with Gasteiger partial charge in [0.15, 0.2) is 0 Å². The topological polar surface area (TPSA) is 93.7 Å². The molecule has 0 aromatic carbocycles. The van der Waals surface area contributed by atoms with E-state index >= 15 is 0 Å². The highest BCUT2D eigenvalue weighted by Crippen LogP contribution is 2.12. The number of hydrogen-bond acceptors (Lipinski definition) is 5. The molecule has 0 rings (SSSR count). The smallest absolute Gasteiger partial charge is 0.408 e. The molecule has 0 spiro atoms. The van der Waals surface area contributed by atoms with E-state index in [1.807, 2.05) is 13.8 Å². The molecule has 25 heavy (non-hydrogen) atoms. The van der Waals surface area contributed by atoms with Gasteiger partial charge >= 0.3 is 12.1 Å². The Morgan fingerprint density at radius 2 is 1.36 bits per heavy atom. The Morgan fingerprint density at radius 1 is 0.880 bits per heavy atom. The second-order valence-electron chi connectivity index (χ2n) is 8.27. The molecule has 0 aromatic heterocycles. The molecule has 0 aromatic rings. The lowest BCUT2D eigenvalue weighted by atomic mass is 9.98. The molecule has 0 saturated carbocycles. The zero-order valence-corrected chi connectivity index (χ0v) is 17.0. The summed E-state index contributed by atoms with van der Waals surface area (Å²) < 4.78 is 10.5. The summed E-state index contributed by atoms with van der Waals surface area (Å²) >= 11 is 0. The van der Waals surface area contributed by atoms with Crippen molar-refractivity contribution in [3.63, 3.8) is 0 Å². The fraction of sp³-hybridized carbons (Fsp3) is 0.833. The van der Waals surface area contributed by atoms with Crippen LogP contribution in [-0.4, -0.2) is 41.3 Å². The van der Waals surface area contributed by atoms with E-state index < -0.39 is 41.3 Å². The number of alkyl carbamates (subject to hydrolysis) is 1. The number of esters is 1. The van der Waals surface area contributed by atoms with Crippen LogP contribution in [-0.2, 0) is 19.1 Å². The standard InChI is InChI=1S/C18H34N2O5/c1-10-11(2)13(20-16(23)25-18(7,8)9)14(21)19-12(3)15(22)24-17(4,5)6/h11-13H,10H2,1-9H3,(H,19,21)(H,20,23)/t11-,12-,13-/m0/s1. The Hall–Kier alpha value is -1.79. The maximum atomic E-state index is 12.5. The van der Waals surface area contributed by atoms with Crippen molar-refractivity contribution >= 4 is 18.0 Å². The van der Waals surface area contributed by atoms with Gasteiger partial charge in [0, 0.05) is 0 Å². The highest BCUT2D eigenvalue weighted by Gasteiger charge is 2.31. The zero-order chi connectivity index (χ0) is 20.0. The average Bonchev–Trinajstić information content (AvgIpc) is 2.39. The molecule has 0 radical (unpaired) electrons. The summed E-state index contributed by atoms with van der Waals surface area (Å²) in [4.78, 5) is 36.5. The Balaban J connectivity index is 4.96. The van der Waals surface area contributed by atoms with Gasteiger partial charge in [0.2, 0.25) is 5.91 Å². The van der Waals surface area contributed by atoms with Crippen LogP contribution in [0.4, 0.5) is 4.79 Å². The SMILES string of the molecule is CC[C@H](C)[C@H](NC(=O)OC(C)(C)C)C(=O)N[C@@H](C)C(=O)OC(C)(C)C. The summed E-state index contributed by atoms with van der Waals surface area (Å²) in [5, 5.41) is 5.19. The van der Waals surface area contributed by atoms with Crippen molar-refractivity contribution in [2.45, 2.75) is 92.0 Å². The summed E-state index contributed by atoms with van der Waals surface area (Å²) in [7, 11) is 0. The molecule has 0 aliphatic rings. The molecule has 0 aliphatic carbocycles. The molecule has 2 N–H and O–H groups in total. The Bertz CT molecular complexity index is 477. The fourth-order valence-electron chi connectivity index (χ4n) is 1.89. The van der Waals surface area contributed by atoms with Crippen molar-refractivity contribution in [3.05, 3.63) is 0 Å². The summed E-state index contributed by atoms with van der Waals surface area (Å²) in [6.45, 7) is 15.8. The van der Waals surface area contributed by atoms with E-state index in [0.717, 1.165) is 0 Å². The number of carbonyl (C=O) groups excluding carboxylic acids is 3. The van der Waals surface area contributed by atoms with Gasteiger partial charge in [0.1, 0.15) is 23.3 Å². The summed E-state index contributed by atoms with van der Waals surface area (Å²) in [5.41, 5.74) is -1.30. The van der Waals surface area contributed by atoms with Gasteiger partial charge < -0.3 is 20.1 Å². The van der Waals surface area contributed by atoms with Gasteiger partial charge in [-0.05, 0) is 54.4 Å². The lowest BCUT2D eigenvalue weighted by molar-refractivity contribution is -0.158. The second kappa shape index (κ2) is 9.06. The van der Waals surface area contributed by atoms with Crippen LogP contribution < -0.4 is 10.6 Å². The summed E-state index contributed by atoms with van der Waals surface area (Å²) in [6, 6.07) is -1.62. The first-order valence-electron chi connectivity index (χ1n) is 8.69. The molecule has 2 amide bonds. The lowest BCUT2D eigenvalue weighted by Gasteiger charge is -2.28. The van der Waals surface area contributed by atoms with Crippen LogP contribution in [0.2, 0.25) is 0 Å². The van der Waals surface area contributed by atoms with Gasteiger partial charge in [0.25, 0.3) is 0 Å². The number of ether oxygens (including phenoxy) is 2. The largest absolute Gasteiger partial charge is 0.458 e. The lowest BCUT2D eigenvalue weighted by Crippen LogP contribution is -2.54. The van der Waals surface area contributed by atoms with E-state index in [1.165, 1.54) is 0 Å². The highest BCUT2D eigenvalue weighted by molar-refractivity contribution is 5.89. The van der Waals surface area contributed by atoms with E-state index in [2.05, 4.69) is 10.6 Å². The van der Waals surface area contributed by atoms with Crippen LogP contribution in [0.1, 0.15) is 68.7 Å². The zero-order valence-electron chi connectivity index (χ0n) is 17.0. The van der Waals surface area contributed by atoms with E-state index in [1.54, 1.807) is 48.5 Å². The number of nitrogens with one attached hydrogen (secondary N) is 2. The second-order valence-corrected chi connectivity index (χ2v) is 8.27. The molecular weight excluding hydrogens is 324 g/mol. The van der Waals surface area contributed by atoms with Gasteiger partial charge in [-0.2, -0.15) is 0 Å². The third kappa shape index (κ3) is 9.94. The van der Waals surface area contributed by atoms with Crippen molar-refractivity contribution in [1.82, 2.24) is 10.6 Å². The van der Waals surface area contributed by atoms with Crippen molar-refractivity contribution in [2.75, 3.05) is 0 Å². The van der Waals surface area contributed by atoms with Gasteiger partial charge in [0.05, 0.1) is 0 Å². The van der Waals surface area contributed by atoms with Crippen molar-refractivity contribution in [3.8, 4) is 0 Å². The highest BCUT2D eigenvalue weighted by atomic mass is 16.6. The van der Waals surface area contributed by atoms with Gasteiger partial charge in [-0.25, -0.2) is 9.59 Å². The normalized spacial score (nSPS) is 15.6. The third-order valence-corrected chi connectivity index (χ3v) is 3.29. The number of carbonyl (C=O) groups is 3. The van der Waals surface area contributed by atoms with Crippen LogP contribution in [0.25, 0.3) is 0 Å². The maximum Gasteiger partial charge on any atom is 0.408 e. The molecule has 0 unspecified atom stereocenters. The van der Waals surface area contributed by atoms with Gasteiger partial charge in [-0.15, -0.1) is 0 Å². The molecule has 0 saturated heterocycles. The molecule has 0 heterocycles. The number of amides is 2. The van der Waals surface area contributed by atoms with E-state index in [0.29, 0.717) is 6.42 Å². The number of rotatable bonds is 6. The first-order chi connectivity index (χ1) is 11.2. The van der Waals surface area contributed by atoms with Gasteiger partial charge in [-0.3, -0.25) is 4.79 Å². The van der Waals surface area contributed by atoms with Crippen molar-refractivity contribution < 1.29 is 23.9 Å². The predicted molar refractivity (Wildman–Crippen MR) is 96.1 cm³/mol. The van der Waals surface area contributed by atoms with Crippen LogP contribution in [0.5, 0.6) is 0 Å². The molecule has 7 heteroatoms. The van der Waals surface area contributed by atoms with Gasteiger partial charge in [-0.1, -0.05) is 20.3 Å². The Kier molecular flexibility index (Phi) is 8.41. The van der Waals surface area contributed by atoms with Crippen LogP contribution in [0.15, 0.2) is 0 Å². The molecule has 0 fully saturated rings. The fourth-order valence-corrected chi connectivity index (χ4v) is 1.89. The molecule has 146 valence electrons. The minimum absolute atomic E-state index is 0.127. The summed E-state index contributed by atoms with van der Waals surface area (Å²) in [5.74, 6) is -1.10. The van der Waals surface area contributed by atoms with Crippen LogP contribution >= 0.6 is 0 Å². The van der Waals surface area contributed by atoms with Crippen LogP contribution in [0, 0.1) is 5.92 Å². The Morgan fingerprint density at radius 3 is 1.76 bits per heavy atom. The quantitative estimate of drug-likeness (QED) is 0.712. The molecule has 0 aliphatic heterocycles. The third-order valence-electron chi connectivity index (χ3n) is 3.29. The monoisotopic (exact) mass is 358 g/mol. The number of hydrogen-bond donors (Lipinski definition) is 2. The van der Waals surface area contributed by atoms with Crippen molar-refractivity contribution in [2.24, 2.45) is 5.92 Å². The van der Waals surface area contributed by atoms with Crippen LogP contribution in [0.3, 0.4) is 0 Å². The first kappa shape index (κ1) is 23.2. The minimum atomic E-state index is -0.821. The average molecular weight is 358 g/mol. The van der Waals surface area contributed by atoms with Crippen molar-refractivity contribution in [1.29, 1.82) is 0 Å². The maximum absolute atomic E-state index is 12.5. The summed E-state index contributed by atoms with van der Waals surface area (Å²) in [6.07, 6.45) is 0.00666. The molecular formula is C18H34N2O5. The van der Waals surface area contributed by atoms with E-state index in [-0.39, 0.29) is 5.92 Å². The minimum Gasteiger partial charge on any atom is -0.458 e. The Labute approximate surface area is 151 Å². The van der Waals surface area contributed by atoms with E-state index in [9.17, 15) is 14.4 Å². The predicted octanol–water partition coefficient (Wildman–Crippen LogP) is 2.77. The molecule has 0 bridgehead atoms. The first-order valence-corrected chi connectivity index (χ1v) is 8.69. The molecule has 3 atom stereocenters. The van der Waals surface area contributed by atoms with E-state index in [4.69, 9.17) is 9.47 Å². The molecule has 7 nitrogen and oxygen atoms in total.